The van der Waals surface area contributed by atoms with Gasteiger partial charge in [0.1, 0.15) is 5.78 Å². The number of likely N-dealkylation sites (N-methyl/N-ethyl adjacent to an activating group) is 1. The number of ketones is 1. The number of Topliss-reactive ketones (excluding diaryl/α,β-unsaturated/α-hetero) is 1. The zero-order valence-electron chi connectivity index (χ0n) is 9.19. The van der Waals surface area contributed by atoms with Gasteiger partial charge in [0.05, 0.1) is 6.04 Å². The highest BCUT2D eigenvalue weighted by atomic mass is 32.1. The lowest BCUT2D eigenvalue weighted by Crippen LogP contribution is -2.34. The molecule has 14 heavy (non-hydrogen) atoms. The SMILES string of the molecule is CC=N/C(=C\S)CC(C(C)=O)N(C)C. The quantitative estimate of drug-likeness (QED) is 0.559. The molecule has 80 valence electrons. The van der Waals surface area contributed by atoms with E-state index in [1.165, 1.54) is 0 Å². The van der Waals surface area contributed by atoms with Gasteiger partial charge < -0.3 is 0 Å². The lowest BCUT2D eigenvalue weighted by atomic mass is 10.1. The van der Waals surface area contributed by atoms with Crippen LogP contribution in [0, 0.1) is 0 Å². The molecule has 0 amide bonds. The van der Waals surface area contributed by atoms with Crippen LogP contribution in [0.2, 0.25) is 0 Å². The predicted octanol–water partition coefficient (Wildman–Crippen LogP) is 1.76. The van der Waals surface area contributed by atoms with Crippen LogP contribution in [-0.4, -0.2) is 37.0 Å². The Hall–Kier alpha value is -0.610. The topological polar surface area (TPSA) is 32.7 Å². The Kier molecular flexibility index (Phi) is 6.49. The van der Waals surface area contributed by atoms with Crippen molar-refractivity contribution in [2.24, 2.45) is 4.99 Å². The van der Waals surface area contributed by atoms with E-state index in [4.69, 9.17) is 0 Å². The van der Waals surface area contributed by atoms with Crippen molar-refractivity contribution in [1.82, 2.24) is 4.90 Å². The summed E-state index contributed by atoms with van der Waals surface area (Å²) in [7, 11) is 3.77. The molecule has 0 spiro atoms. The number of thiol groups is 1. The van der Waals surface area contributed by atoms with Crippen LogP contribution in [0.3, 0.4) is 0 Å². The summed E-state index contributed by atoms with van der Waals surface area (Å²) in [5.74, 6) is 0.147. The van der Waals surface area contributed by atoms with Gasteiger partial charge in [-0.2, -0.15) is 0 Å². The summed E-state index contributed by atoms with van der Waals surface area (Å²) in [6.45, 7) is 3.44. The van der Waals surface area contributed by atoms with E-state index in [0.29, 0.717) is 6.42 Å². The second-order valence-corrected chi connectivity index (χ2v) is 3.56. The van der Waals surface area contributed by atoms with Crippen molar-refractivity contribution in [3.8, 4) is 0 Å². The summed E-state index contributed by atoms with van der Waals surface area (Å²) in [5.41, 5.74) is 0.824. The summed E-state index contributed by atoms with van der Waals surface area (Å²) in [6.07, 6.45) is 2.31. The Morgan fingerprint density at radius 3 is 2.43 bits per heavy atom. The fourth-order valence-corrected chi connectivity index (χ4v) is 1.36. The number of aliphatic imine (C=N–C) groups is 1. The van der Waals surface area contributed by atoms with E-state index in [9.17, 15) is 4.79 Å². The van der Waals surface area contributed by atoms with Gasteiger partial charge in [-0.3, -0.25) is 14.7 Å². The van der Waals surface area contributed by atoms with Gasteiger partial charge in [0.25, 0.3) is 0 Å². The summed E-state index contributed by atoms with van der Waals surface area (Å²) >= 11 is 4.06. The molecule has 0 radical (unpaired) electrons. The van der Waals surface area contributed by atoms with Crippen molar-refractivity contribution in [2.75, 3.05) is 14.1 Å². The number of rotatable bonds is 5. The highest BCUT2D eigenvalue weighted by Crippen LogP contribution is 2.12. The molecule has 0 aliphatic rings. The van der Waals surface area contributed by atoms with Gasteiger partial charge in [-0.05, 0) is 33.4 Å². The number of nitrogens with zero attached hydrogens (tertiary/aromatic N) is 2. The van der Waals surface area contributed by atoms with E-state index >= 15 is 0 Å². The normalized spacial score (nSPS) is 15.1. The Labute approximate surface area is 91.3 Å². The van der Waals surface area contributed by atoms with Crippen LogP contribution in [0.15, 0.2) is 16.1 Å². The third-order valence-electron chi connectivity index (χ3n) is 1.94. The van der Waals surface area contributed by atoms with Crippen molar-refractivity contribution in [3.05, 3.63) is 11.1 Å². The van der Waals surface area contributed by atoms with Crippen LogP contribution in [0.1, 0.15) is 20.3 Å². The van der Waals surface area contributed by atoms with Crippen molar-refractivity contribution in [1.29, 1.82) is 0 Å². The molecule has 0 heterocycles. The molecule has 1 unspecified atom stereocenters. The number of hydrogen-bond acceptors (Lipinski definition) is 4. The number of hydrogen-bond donors (Lipinski definition) is 1. The monoisotopic (exact) mass is 214 g/mol. The van der Waals surface area contributed by atoms with Gasteiger partial charge >= 0.3 is 0 Å². The molecule has 0 saturated carbocycles. The summed E-state index contributed by atoms with van der Waals surface area (Å²) in [4.78, 5) is 17.3. The first-order chi connectivity index (χ1) is 6.52. The minimum atomic E-state index is -0.114. The zero-order valence-corrected chi connectivity index (χ0v) is 10.1. The van der Waals surface area contributed by atoms with E-state index in [-0.39, 0.29) is 11.8 Å². The second kappa shape index (κ2) is 6.79. The fraction of sp³-hybridized carbons (Fsp3) is 0.600. The Bertz CT molecular complexity index is 247. The van der Waals surface area contributed by atoms with E-state index in [0.717, 1.165) is 5.70 Å². The summed E-state index contributed by atoms with van der Waals surface area (Å²) in [5, 5.41) is 1.64. The molecule has 0 N–H and O–H groups in total. The van der Waals surface area contributed by atoms with Crippen molar-refractivity contribution < 1.29 is 4.79 Å². The fourth-order valence-electron chi connectivity index (χ4n) is 1.19. The Balaban J connectivity index is 4.51. The van der Waals surface area contributed by atoms with Gasteiger partial charge in [0.15, 0.2) is 0 Å². The molecule has 0 aliphatic heterocycles. The van der Waals surface area contributed by atoms with Gasteiger partial charge in [-0.25, -0.2) is 0 Å². The van der Waals surface area contributed by atoms with Crippen LogP contribution in [0.5, 0.6) is 0 Å². The molecule has 3 nitrogen and oxygen atoms in total. The first-order valence-electron chi connectivity index (χ1n) is 4.51. The average molecular weight is 214 g/mol. The minimum Gasteiger partial charge on any atom is -0.299 e. The zero-order chi connectivity index (χ0) is 11.1. The third-order valence-corrected chi connectivity index (χ3v) is 2.24. The van der Waals surface area contributed by atoms with Crippen LogP contribution < -0.4 is 0 Å². The molecule has 0 fully saturated rings. The smallest absolute Gasteiger partial charge is 0.147 e. The predicted molar refractivity (Wildman–Crippen MR) is 64.0 cm³/mol. The van der Waals surface area contributed by atoms with Crippen molar-refractivity contribution in [2.45, 2.75) is 26.3 Å². The lowest BCUT2D eigenvalue weighted by Gasteiger charge is -2.21. The van der Waals surface area contributed by atoms with E-state index < -0.39 is 0 Å². The molecule has 4 heteroatoms. The largest absolute Gasteiger partial charge is 0.299 e. The number of carbonyl (C=O) groups excluding carboxylic acids is 1. The van der Waals surface area contributed by atoms with Gasteiger partial charge in [-0.15, -0.1) is 12.6 Å². The molecule has 0 aliphatic carbocycles. The maximum absolute atomic E-state index is 11.3. The third kappa shape index (κ3) is 4.58. The average Bonchev–Trinajstić information content (AvgIpc) is 2.10. The van der Waals surface area contributed by atoms with Crippen molar-refractivity contribution >= 4 is 24.6 Å². The van der Waals surface area contributed by atoms with Crippen molar-refractivity contribution in [3.63, 3.8) is 0 Å². The second-order valence-electron chi connectivity index (χ2n) is 3.30. The molecule has 1 atom stereocenters. The molecular weight excluding hydrogens is 196 g/mol. The first kappa shape index (κ1) is 13.4. The molecule has 0 bridgehead atoms. The molecule has 0 aromatic carbocycles. The molecule has 0 saturated heterocycles. The van der Waals surface area contributed by atoms with Crippen LogP contribution in [-0.2, 0) is 4.79 Å². The highest BCUT2D eigenvalue weighted by molar-refractivity contribution is 7.83. The van der Waals surface area contributed by atoms with E-state index in [1.54, 1.807) is 18.5 Å². The number of carbonyl (C=O) groups is 1. The van der Waals surface area contributed by atoms with E-state index in [2.05, 4.69) is 17.6 Å². The Morgan fingerprint density at radius 2 is 2.14 bits per heavy atom. The lowest BCUT2D eigenvalue weighted by molar-refractivity contribution is -0.121. The van der Waals surface area contributed by atoms with Gasteiger partial charge in [0.2, 0.25) is 0 Å². The van der Waals surface area contributed by atoms with Gasteiger partial charge in [-0.1, -0.05) is 0 Å². The molecule has 0 aromatic rings. The first-order valence-corrected chi connectivity index (χ1v) is 5.03. The molecule has 0 aromatic heterocycles. The summed E-state index contributed by atoms with van der Waals surface area (Å²) in [6, 6.07) is -0.114. The van der Waals surface area contributed by atoms with Gasteiger partial charge in [0, 0.05) is 18.3 Å². The van der Waals surface area contributed by atoms with Crippen LogP contribution in [0.4, 0.5) is 0 Å². The molecular formula is C10H18N2OS. The summed E-state index contributed by atoms with van der Waals surface area (Å²) < 4.78 is 0. The van der Waals surface area contributed by atoms with Crippen LogP contribution >= 0.6 is 12.6 Å². The van der Waals surface area contributed by atoms with Crippen LogP contribution in [0.25, 0.3) is 0 Å². The standard InChI is InChI=1S/C10H18N2OS/c1-5-11-9(7-14)6-10(8(2)13)12(3)4/h5,7,10,14H,6H2,1-4H3/b9-7-,11-5?. The Morgan fingerprint density at radius 1 is 1.57 bits per heavy atom. The van der Waals surface area contributed by atoms with E-state index in [1.807, 2.05) is 25.9 Å². The highest BCUT2D eigenvalue weighted by Gasteiger charge is 2.17. The minimum absolute atomic E-state index is 0.114. The maximum Gasteiger partial charge on any atom is 0.147 e. The molecule has 0 rings (SSSR count). The maximum atomic E-state index is 11.3.